The van der Waals surface area contributed by atoms with E-state index in [1.165, 1.54) is 4.90 Å². The molecule has 2 aliphatic rings. The molecule has 1 N–H and O–H groups in total. The Morgan fingerprint density at radius 2 is 1.59 bits per heavy atom. The Balaban J connectivity index is 1.30. The van der Waals surface area contributed by atoms with E-state index >= 15 is 0 Å². The van der Waals surface area contributed by atoms with Crippen molar-refractivity contribution < 1.29 is 19.4 Å². The van der Waals surface area contributed by atoms with Crippen LogP contribution in [0.3, 0.4) is 0 Å². The van der Waals surface area contributed by atoms with E-state index in [2.05, 4.69) is 29.2 Å². The maximum Gasteiger partial charge on any atom is 0.410 e. The number of aromatic nitrogens is 1. The number of ether oxygens (including phenoxy) is 1. The van der Waals surface area contributed by atoms with Crippen LogP contribution in [0.25, 0.3) is 11.1 Å². The van der Waals surface area contributed by atoms with E-state index in [0.29, 0.717) is 19.4 Å². The first-order chi connectivity index (χ1) is 15.6. The fourth-order valence-electron chi connectivity index (χ4n) is 5.11. The fourth-order valence-corrected chi connectivity index (χ4v) is 5.11. The summed E-state index contributed by atoms with van der Waals surface area (Å²) in [5.74, 6) is -1.20. The lowest BCUT2D eigenvalue weighted by Crippen LogP contribution is -2.44. The number of aliphatic carboxylic acids is 1. The molecule has 0 radical (unpaired) electrons. The third kappa shape index (κ3) is 3.62. The smallest absolute Gasteiger partial charge is 0.410 e. The molecule has 2 aromatic carbocycles. The zero-order chi connectivity index (χ0) is 22.1. The highest BCUT2D eigenvalue weighted by atomic mass is 16.6. The van der Waals surface area contributed by atoms with E-state index in [0.717, 1.165) is 27.8 Å². The zero-order valence-corrected chi connectivity index (χ0v) is 17.6. The van der Waals surface area contributed by atoms with Crippen LogP contribution in [0, 0.1) is 5.92 Å². The van der Waals surface area contributed by atoms with Crippen LogP contribution in [-0.4, -0.2) is 46.2 Å². The fraction of sp³-hybridized carbons (Fsp3) is 0.269. The molecule has 6 heteroatoms. The molecule has 2 atom stereocenters. The number of carbonyl (C=O) groups excluding carboxylic acids is 1. The van der Waals surface area contributed by atoms with E-state index in [9.17, 15) is 14.7 Å². The number of rotatable bonds is 5. The number of hydrogen-bond acceptors (Lipinski definition) is 4. The molecule has 1 saturated heterocycles. The molecule has 1 fully saturated rings. The monoisotopic (exact) mass is 428 g/mol. The number of pyridine rings is 1. The van der Waals surface area contributed by atoms with Crippen molar-refractivity contribution in [2.45, 2.75) is 24.8 Å². The molecule has 2 unspecified atom stereocenters. The van der Waals surface area contributed by atoms with Gasteiger partial charge in [0.2, 0.25) is 0 Å². The van der Waals surface area contributed by atoms with Crippen LogP contribution in [0.1, 0.15) is 29.0 Å². The summed E-state index contributed by atoms with van der Waals surface area (Å²) >= 11 is 0. The number of benzene rings is 2. The van der Waals surface area contributed by atoms with Crippen molar-refractivity contribution in [3.05, 3.63) is 89.7 Å². The molecule has 5 rings (SSSR count). The zero-order valence-electron chi connectivity index (χ0n) is 17.6. The SMILES string of the molecule is O=C(O)C1C(Cc2ccncc2)CCN1C(=O)OCC1c2ccccc2-c2ccccc21. The third-order valence-corrected chi connectivity index (χ3v) is 6.59. The third-order valence-electron chi connectivity index (χ3n) is 6.59. The summed E-state index contributed by atoms with van der Waals surface area (Å²) < 4.78 is 5.72. The van der Waals surface area contributed by atoms with Crippen LogP contribution >= 0.6 is 0 Å². The number of hydrogen-bond donors (Lipinski definition) is 1. The van der Waals surface area contributed by atoms with Gasteiger partial charge in [-0.1, -0.05) is 48.5 Å². The van der Waals surface area contributed by atoms with Crippen molar-refractivity contribution in [2.24, 2.45) is 5.92 Å². The van der Waals surface area contributed by atoms with Gasteiger partial charge in [0.05, 0.1) is 0 Å². The maximum absolute atomic E-state index is 13.0. The number of nitrogens with zero attached hydrogens (tertiary/aromatic N) is 2. The average molecular weight is 428 g/mol. The van der Waals surface area contributed by atoms with Gasteiger partial charge in [0, 0.05) is 24.9 Å². The predicted molar refractivity (Wildman–Crippen MR) is 119 cm³/mol. The maximum atomic E-state index is 13.0. The summed E-state index contributed by atoms with van der Waals surface area (Å²) in [6.45, 7) is 0.564. The molecule has 0 spiro atoms. The standard InChI is InChI=1S/C26H24N2O4/c29-25(30)24-18(15-17-9-12-27-13-10-17)11-14-28(24)26(31)32-16-23-21-7-3-1-5-19(21)20-6-2-4-8-22(20)23/h1-10,12-13,18,23-24H,11,14-16H2,(H,29,30). The number of fused-ring (bicyclic) bond motifs is 3. The summed E-state index contributed by atoms with van der Waals surface area (Å²) in [7, 11) is 0. The van der Waals surface area contributed by atoms with Crippen molar-refractivity contribution in [3.8, 4) is 11.1 Å². The molecule has 3 aromatic rings. The van der Waals surface area contributed by atoms with Crippen LogP contribution in [0.15, 0.2) is 73.1 Å². The Bertz CT molecular complexity index is 1100. The van der Waals surface area contributed by atoms with Crippen LogP contribution in [0.4, 0.5) is 4.79 Å². The molecule has 162 valence electrons. The quantitative estimate of drug-likeness (QED) is 0.654. The minimum absolute atomic E-state index is 0.0511. The Hall–Kier alpha value is -3.67. The molecule has 1 aliphatic heterocycles. The van der Waals surface area contributed by atoms with Crippen LogP contribution in [-0.2, 0) is 16.0 Å². The van der Waals surface area contributed by atoms with Crippen molar-refractivity contribution in [3.63, 3.8) is 0 Å². The lowest BCUT2D eigenvalue weighted by atomic mass is 9.93. The Morgan fingerprint density at radius 1 is 0.969 bits per heavy atom. The molecule has 1 aromatic heterocycles. The number of carbonyl (C=O) groups is 2. The van der Waals surface area contributed by atoms with Gasteiger partial charge >= 0.3 is 12.1 Å². The van der Waals surface area contributed by atoms with Gasteiger partial charge in [0.15, 0.2) is 0 Å². The molecule has 1 aliphatic carbocycles. The van der Waals surface area contributed by atoms with Crippen molar-refractivity contribution in [1.29, 1.82) is 0 Å². The summed E-state index contributed by atoms with van der Waals surface area (Å²) in [5.41, 5.74) is 5.60. The predicted octanol–water partition coefficient (Wildman–Crippen LogP) is 4.35. The van der Waals surface area contributed by atoms with Gasteiger partial charge in [0.1, 0.15) is 12.6 Å². The normalized spacial score (nSPS) is 19.4. The van der Waals surface area contributed by atoms with Gasteiger partial charge in [-0.15, -0.1) is 0 Å². The van der Waals surface area contributed by atoms with Gasteiger partial charge in [-0.05, 0) is 58.7 Å². The first kappa shape index (κ1) is 20.2. The molecule has 1 amide bonds. The van der Waals surface area contributed by atoms with E-state index in [4.69, 9.17) is 4.74 Å². The highest BCUT2D eigenvalue weighted by Crippen LogP contribution is 2.44. The highest BCUT2D eigenvalue weighted by molar-refractivity contribution is 5.82. The second-order valence-electron chi connectivity index (χ2n) is 8.39. The van der Waals surface area contributed by atoms with E-state index in [1.807, 2.05) is 36.4 Å². The van der Waals surface area contributed by atoms with Gasteiger partial charge in [-0.2, -0.15) is 0 Å². The summed E-state index contributed by atoms with van der Waals surface area (Å²) in [5, 5.41) is 9.86. The lowest BCUT2D eigenvalue weighted by Gasteiger charge is -2.25. The highest BCUT2D eigenvalue weighted by Gasteiger charge is 2.43. The topological polar surface area (TPSA) is 79.7 Å². The van der Waals surface area contributed by atoms with Gasteiger partial charge in [0.25, 0.3) is 0 Å². The van der Waals surface area contributed by atoms with Gasteiger partial charge in [-0.3, -0.25) is 9.88 Å². The lowest BCUT2D eigenvalue weighted by molar-refractivity contribution is -0.143. The second kappa shape index (κ2) is 8.46. The molecule has 6 nitrogen and oxygen atoms in total. The Labute approximate surface area is 186 Å². The minimum Gasteiger partial charge on any atom is -0.480 e. The largest absolute Gasteiger partial charge is 0.480 e. The average Bonchev–Trinajstić information content (AvgIpc) is 3.38. The van der Waals surface area contributed by atoms with E-state index in [-0.39, 0.29) is 18.4 Å². The van der Waals surface area contributed by atoms with Crippen LogP contribution < -0.4 is 0 Å². The first-order valence-electron chi connectivity index (χ1n) is 10.9. The number of likely N-dealkylation sites (tertiary alicyclic amines) is 1. The minimum atomic E-state index is -0.991. The summed E-state index contributed by atoms with van der Waals surface area (Å²) in [6, 6.07) is 19.2. The molecule has 0 bridgehead atoms. The molecule has 0 saturated carbocycles. The second-order valence-corrected chi connectivity index (χ2v) is 8.39. The molecular formula is C26H24N2O4. The molecular weight excluding hydrogens is 404 g/mol. The number of amides is 1. The van der Waals surface area contributed by atoms with Crippen LogP contribution in [0.2, 0.25) is 0 Å². The van der Waals surface area contributed by atoms with Crippen molar-refractivity contribution in [1.82, 2.24) is 9.88 Å². The van der Waals surface area contributed by atoms with E-state index in [1.54, 1.807) is 12.4 Å². The Kier molecular flexibility index (Phi) is 5.35. The van der Waals surface area contributed by atoms with Gasteiger partial charge in [-0.25, -0.2) is 9.59 Å². The summed E-state index contributed by atoms with van der Waals surface area (Å²) in [4.78, 5) is 30.4. The van der Waals surface area contributed by atoms with Crippen molar-refractivity contribution >= 4 is 12.1 Å². The van der Waals surface area contributed by atoms with Gasteiger partial charge < -0.3 is 9.84 Å². The number of carboxylic acid groups (broad SMARTS) is 1. The Morgan fingerprint density at radius 3 is 2.22 bits per heavy atom. The van der Waals surface area contributed by atoms with E-state index < -0.39 is 18.1 Å². The van der Waals surface area contributed by atoms with Crippen molar-refractivity contribution in [2.75, 3.05) is 13.2 Å². The summed E-state index contributed by atoms with van der Waals surface area (Å²) in [6.07, 6.45) is 4.06. The van der Waals surface area contributed by atoms with Crippen LogP contribution in [0.5, 0.6) is 0 Å². The molecule has 2 heterocycles. The first-order valence-corrected chi connectivity index (χ1v) is 10.9. The number of carboxylic acids is 1. The molecule has 32 heavy (non-hydrogen) atoms.